The molecule has 0 aromatic heterocycles. The lowest BCUT2D eigenvalue weighted by atomic mass is 9.96. The van der Waals surface area contributed by atoms with Gasteiger partial charge in [0, 0.05) is 25.7 Å². The van der Waals surface area contributed by atoms with Gasteiger partial charge < -0.3 is 15.4 Å². The Labute approximate surface area is 135 Å². The first-order valence-electron chi connectivity index (χ1n) is 8.41. The van der Waals surface area contributed by atoms with E-state index in [1.807, 2.05) is 6.07 Å². The number of hydrogen-bond donors (Lipinski definition) is 1. The van der Waals surface area contributed by atoms with Gasteiger partial charge >= 0.3 is 0 Å². The average Bonchev–Trinajstić information content (AvgIpc) is 2.48. The second-order valence-electron chi connectivity index (χ2n) is 6.72. The minimum atomic E-state index is 0.306. The maximum Gasteiger partial charge on any atom is 0.119 e. The molecule has 2 unspecified atom stereocenters. The molecule has 0 amide bonds. The second kappa shape index (κ2) is 8.51. The molecule has 2 atom stereocenters. The summed E-state index contributed by atoms with van der Waals surface area (Å²) in [5.74, 6) is 1.71. The molecule has 0 bridgehead atoms. The van der Waals surface area contributed by atoms with Crippen LogP contribution < -0.4 is 10.5 Å². The van der Waals surface area contributed by atoms with Crippen LogP contribution in [0.4, 0.5) is 0 Å². The van der Waals surface area contributed by atoms with Gasteiger partial charge in [-0.05, 0) is 57.1 Å². The average molecular weight is 305 g/mol. The standard InChI is InChI=1S/C18H31N3O/c1-15-6-5-9-21(14-15)18(13-19)16-7-4-8-17(12-16)22-11-10-20(2)3/h4,7-8,12,15,18H,5-6,9-11,13-14,19H2,1-3H3. The molecule has 4 nitrogen and oxygen atoms in total. The summed E-state index contributed by atoms with van der Waals surface area (Å²) in [6.07, 6.45) is 2.61. The molecule has 1 aromatic rings. The quantitative estimate of drug-likeness (QED) is 0.840. The van der Waals surface area contributed by atoms with Crippen molar-refractivity contribution in [1.29, 1.82) is 0 Å². The third-order valence-electron chi connectivity index (χ3n) is 4.40. The van der Waals surface area contributed by atoms with Crippen LogP contribution in [0.1, 0.15) is 31.4 Å². The Morgan fingerprint density at radius 3 is 2.91 bits per heavy atom. The van der Waals surface area contributed by atoms with Gasteiger partial charge in [0.25, 0.3) is 0 Å². The molecule has 22 heavy (non-hydrogen) atoms. The zero-order valence-corrected chi connectivity index (χ0v) is 14.3. The van der Waals surface area contributed by atoms with Gasteiger partial charge in [0.05, 0.1) is 0 Å². The SMILES string of the molecule is CC1CCCN(C(CN)c2cccc(OCCN(C)C)c2)C1. The van der Waals surface area contributed by atoms with Crippen LogP contribution in [0.15, 0.2) is 24.3 Å². The molecule has 0 aliphatic carbocycles. The van der Waals surface area contributed by atoms with E-state index in [0.717, 1.165) is 31.3 Å². The first kappa shape index (κ1) is 17.3. The predicted octanol–water partition coefficient (Wildman–Crippen LogP) is 2.36. The predicted molar refractivity (Wildman–Crippen MR) is 92.3 cm³/mol. The fourth-order valence-corrected chi connectivity index (χ4v) is 3.16. The summed E-state index contributed by atoms with van der Waals surface area (Å²) in [6.45, 7) is 6.93. The number of benzene rings is 1. The van der Waals surface area contributed by atoms with Crippen molar-refractivity contribution in [1.82, 2.24) is 9.80 Å². The molecule has 0 radical (unpaired) electrons. The Morgan fingerprint density at radius 1 is 1.41 bits per heavy atom. The molecule has 1 heterocycles. The van der Waals surface area contributed by atoms with E-state index in [1.165, 1.54) is 18.4 Å². The highest BCUT2D eigenvalue weighted by molar-refractivity contribution is 5.31. The van der Waals surface area contributed by atoms with Crippen LogP contribution in [0.2, 0.25) is 0 Å². The fraction of sp³-hybridized carbons (Fsp3) is 0.667. The summed E-state index contributed by atoms with van der Waals surface area (Å²) in [7, 11) is 4.11. The van der Waals surface area contributed by atoms with Gasteiger partial charge in [0.15, 0.2) is 0 Å². The molecule has 0 saturated carbocycles. The van der Waals surface area contributed by atoms with Crippen molar-refractivity contribution in [2.75, 3.05) is 46.9 Å². The number of rotatable bonds is 7. The number of likely N-dealkylation sites (N-methyl/N-ethyl adjacent to an activating group) is 1. The third-order valence-corrected chi connectivity index (χ3v) is 4.40. The van der Waals surface area contributed by atoms with Crippen molar-refractivity contribution in [3.05, 3.63) is 29.8 Å². The summed E-state index contributed by atoms with van der Waals surface area (Å²) in [4.78, 5) is 4.66. The van der Waals surface area contributed by atoms with E-state index in [1.54, 1.807) is 0 Å². The van der Waals surface area contributed by atoms with Crippen LogP contribution in [-0.4, -0.2) is 56.7 Å². The summed E-state index contributed by atoms with van der Waals surface area (Å²) in [6, 6.07) is 8.75. The molecule has 124 valence electrons. The second-order valence-corrected chi connectivity index (χ2v) is 6.72. The van der Waals surface area contributed by atoms with E-state index in [-0.39, 0.29) is 0 Å². The van der Waals surface area contributed by atoms with Gasteiger partial charge in [-0.3, -0.25) is 4.90 Å². The topological polar surface area (TPSA) is 41.7 Å². The van der Waals surface area contributed by atoms with Crippen LogP contribution in [-0.2, 0) is 0 Å². The number of ether oxygens (including phenoxy) is 1. The number of nitrogens with two attached hydrogens (primary N) is 1. The molecule has 1 aromatic carbocycles. The first-order valence-corrected chi connectivity index (χ1v) is 8.41. The van der Waals surface area contributed by atoms with Crippen molar-refractivity contribution in [3.63, 3.8) is 0 Å². The lowest BCUT2D eigenvalue weighted by molar-refractivity contribution is 0.133. The Bertz CT molecular complexity index is 450. The smallest absolute Gasteiger partial charge is 0.119 e. The fourth-order valence-electron chi connectivity index (χ4n) is 3.16. The van der Waals surface area contributed by atoms with Crippen LogP contribution >= 0.6 is 0 Å². The van der Waals surface area contributed by atoms with E-state index in [0.29, 0.717) is 19.2 Å². The van der Waals surface area contributed by atoms with Crippen molar-refractivity contribution < 1.29 is 4.74 Å². The molecule has 1 fully saturated rings. The summed E-state index contributed by atoms with van der Waals surface area (Å²) >= 11 is 0. The van der Waals surface area contributed by atoms with Gasteiger partial charge in [0.1, 0.15) is 12.4 Å². The monoisotopic (exact) mass is 305 g/mol. The lowest BCUT2D eigenvalue weighted by Gasteiger charge is -2.37. The molecule has 1 aliphatic rings. The van der Waals surface area contributed by atoms with Gasteiger partial charge in [-0.25, -0.2) is 0 Å². The minimum Gasteiger partial charge on any atom is -0.492 e. The summed E-state index contributed by atoms with van der Waals surface area (Å²) in [5, 5.41) is 0. The Morgan fingerprint density at radius 2 is 2.23 bits per heavy atom. The Balaban J connectivity index is 2.02. The van der Waals surface area contributed by atoms with Crippen LogP contribution in [0.5, 0.6) is 5.75 Å². The highest BCUT2D eigenvalue weighted by Crippen LogP contribution is 2.28. The maximum atomic E-state index is 6.08. The normalized spacial score (nSPS) is 21.0. The summed E-state index contributed by atoms with van der Waals surface area (Å²) < 4.78 is 5.86. The zero-order chi connectivity index (χ0) is 15.9. The number of nitrogens with zero attached hydrogens (tertiary/aromatic N) is 2. The van der Waals surface area contributed by atoms with Gasteiger partial charge in [-0.2, -0.15) is 0 Å². The van der Waals surface area contributed by atoms with E-state index >= 15 is 0 Å². The van der Waals surface area contributed by atoms with Crippen molar-refractivity contribution in [2.45, 2.75) is 25.8 Å². The molecule has 1 aliphatic heterocycles. The third kappa shape index (κ3) is 4.97. The Kier molecular flexibility index (Phi) is 6.68. The number of piperidine rings is 1. The molecule has 2 rings (SSSR count). The van der Waals surface area contributed by atoms with E-state index in [2.05, 4.69) is 49.0 Å². The maximum absolute atomic E-state index is 6.08. The van der Waals surface area contributed by atoms with Crippen molar-refractivity contribution in [2.24, 2.45) is 11.7 Å². The molecule has 1 saturated heterocycles. The van der Waals surface area contributed by atoms with Crippen LogP contribution in [0.3, 0.4) is 0 Å². The summed E-state index contributed by atoms with van der Waals surface area (Å²) in [5.41, 5.74) is 7.36. The van der Waals surface area contributed by atoms with Gasteiger partial charge in [-0.1, -0.05) is 19.1 Å². The van der Waals surface area contributed by atoms with Gasteiger partial charge in [0.2, 0.25) is 0 Å². The molecular weight excluding hydrogens is 274 g/mol. The molecule has 2 N–H and O–H groups in total. The van der Waals surface area contributed by atoms with Crippen LogP contribution in [0.25, 0.3) is 0 Å². The van der Waals surface area contributed by atoms with Gasteiger partial charge in [-0.15, -0.1) is 0 Å². The lowest BCUT2D eigenvalue weighted by Crippen LogP contribution is -2.40. The largest absolute Gasteiger partial charge is 0.492 e. The molecule has 0 spiro atoms. The van der Waals surface area contributed by atoms with E-state index < -0.39 is 0 Å². The van der Waals surface area contributed by atoms with Crippen molar-refractivity contribution in [3.8, 4) is 5.75 Å². The van der Waals surface area contributed by atoms with E-state index in [9.17, 15) is 0 Å². The van der Waals surface area contributed by atoms with E-state index in [4.69, 9.17) is 10.5 Å². The minimum absolute atomic E-state index is 0.306. The Hall–Kier alpha value is -1.10. The highest BCUT2D eigenvalue weighted by Gasteiger charge is 2.24. The zero-order valence-electron chi connectivity index (χ0n) is 14.3. The molecule has 4 heteroatoms. The molecular formula is C18H31N3O. The first-order chi connectivity index (χ1) is 10.6. The number of likely N-dealkylation sites (tertiary alicyclic amines) is 1. The van der Waals surface area contributed by atoms with Crippen molar-refractivity contribution >= 4 is 0 Å². The number of hydrogen-bond acceptors (Lipinski definition) is 4. The highest BCUT2D eigenvalue weighted by atomic mass is 16.5. The van der Waals surface area contributed by atoms with Crippen LogP contribution in [0, 0.1) is 5.92 Å².